The fourth-order valence-corrected chi connectivity index (χ4v) is 2.34. The minimum atomic E-state index is -0.508. The van der Waals surface area contributed by atoms with E-state index in [0.29, 0.717) is 11.3 Å². The van der Waals surface area contributed by atoms with Gasteiger partial charge in [-0.3, -0.25) is 4.79 Å². The van der Waals surface area contributed by atoms with Crippen molar-refractivity contribution >= 4 is 17.3 Å². The average molecular weight is 281 g/mol. The third-order valence-electron chi connectivity index (χ3n) is 3.43. The molecule has 0 aliphatic carbocycles. The summed E-state index contributed by atoms with van der Waals surface area (Å²) >= 11 is 0. The third-order valence-corrected chi connectivity index (χ3v) is 3.43. The Labute approximate surface area is 121 Å². The molecule has 0 atom stereocenters. The lowest BCUT2D eigenvalue weighted by molar-refractivity contribution is 0.102. The van der Waals surface area contributed by atoms with Gasteiger partial charge in [0.1, 0.15) is 11.9 Å². The molecular formula is C16H12FN3O. The second-order valence-electron chi connectivity index (χ2n) is 4.80. The van der Waals surface area contributed by atoms with Crippen molar-refractivity contribution in [2.24, 2.45) is 0 Å². The molecule has 104 valence electrons. The molecule has 2 N–H and O–H groups in total. The second-order valence-corrected chi connectivity index (χ2v) is 4.80. The molecule has 0 unspecified atom stereocenters. The van der Waals surface area contributed by atoms with Crippen LogP contribution in [0.5, 0.6) is 0 Å². The third kappa shape index (κ3) is 2.56. The first kappa shape index (κ1) is 13.1. The molecule has 0 saturated carbocycles. The van der Waals surface area contributed by atoms with Crippen molar-refractivity contribution in [3.63, 3.8) is 0 Å². The van der Waals surface area contributed by atoms with E-state index >= 15 is 0 Å². The van der Waals surface area contributed by atoms with Crippen LogP contribution in [-0.2, 0) is 6.42 Å². The first-order chi connectivity index (χ1) is 10.2. The second kappa shape index (κ2) is 5.25. The number of amides is 1. The predicted octanol–water partition coefficient (Wildman–Crippen LogP) is 2.92. The first-order valence-corrected chi connectivity index (χ1v) is 6.55. The van der Waals surface area contributed by atoms with Crippen LogP contribution >= 0.6 is 0 Å². The van der Waals surface area contributed by atoms with Gasteiger partial charge in [0, 0.05) is 17.8 Å². The van der Waals surface area contributed by atoms with Crippen LogP contribution in [0.1, 0.15) is 21.5 Å². The zero-order valence-electron chi connectivity index (χ0n) is 11.1. The Morgan fingerprint density at radius 2 is 2.14 bits per heavy atom. The predicted molar refractivity (Wildman–Crippen MR) is 77.7 cm³/mol. The van der Waals surface area contributed by atoms with E-state index in [1.54, 1.807) is 12.1 Å². The number of nitrogens with zero attached hydrogens (tertiary/aromatic N) is 1. The molecule has 21 heavy (non-hydrogen) atoms. The highest BCUT2D eigenvalue weighted by Gasteiger charge is 2.14. The van der Waals surface area contributed by atoms with E-state index in [-0.39, 0.29) is 11.5 Å². The lowest BCUT2D eigenvalue weighted by Gasteiger charge is -2.08. The molecule has 0 aromatic heterocycles. The summed E-state index contributed by atoms with van der Waals surface area (Å²) in [4.78, 5) is 12.2. The SMILES string of the molecule is N#Cc1cc(F)ccc1NC(=O)c1ccc2c(c1)NCC2. The van der Waals surface area contributed by atoms with Crippen molar-refractivity contribution in [1.29, 1.82) is 5.26 Å². The van der Waals surface area contributed by atoms with Crippen molar-refractivity contribution in [3.05, 3.63) is 58.9 Å². The van der Waals surface area contributed by atoms with E-state index in [4.69, 9.17) is 5.26 Å². The van der Waals surface area contributed by atoms with Gasteiger partial charge in [0.2, 0.25) is 0 Å². The number of carbonyl (C=O) groups excluding carboxylic acids is 1. The summed E-state index contributed by atoms with van der Waals surface area (Å²) < 4.78 is 13.1. The largest absolute Gasteiger partial charge is 0.384 e. The maximum Gasteiger partial charge on any atom is 0.255 e. The minimum absolute atomic E-state index is 0.0997. The van der Waals surface area contributed by atoms with Gasteiger partial charge in [0.25, 0.3) is 5.91 Å². The summed E-state index contributed by atoms with van der Waals surface area (Å²) in [6.45, 7) is 0.872. The topological polar surface area (TPSA) is 64.9 Å². The van der Waals surface area contributed by atoms with Crippen LogP contribution in [0.3, 0.4) is 0 Å². The summed E-state index contributed by atoms with van der Waals surface area (Å²) in [5.41, 5.74) is 3.05. The normalized spacial score (nSPS) is 12.2. The number of fused-ring (bicyclic) bond motifs is 1. The molecular weight excluding hydrogens is 269 g/mol. The van der Waals surface area contributed by atoms with Crippen LogP contribution in [0.15, 0.2) is 36.4 Å². The molecule has 2 aromatic carbocycles. The van der Waals surface area contributed by atoms with Crippen molar-refractivity contribution < 1.29 is 9.18 Å². The number of rotatable bonds is 2. The maximum absolute atomic E-state index is 13.1. The van der Waals surface area contributed by atoms with Crippen molar-refractivity contribution in [2.45, 2.75) is 6.42 Å². The van der Waals surface area contributed by atoms with Gasteiger partial charge in [-0.1, -0.05) is 6.07 Å². The van der Waals surface area contributed by atoms with Gasteiger partial charge < -0.3 is 10.6 Å². The summed E-state index contributed by atoms with van der Waals surface area (Å²) in [6.07, 6.45) is 0.952. The van der Waals surface area contributed by atoms with E-state index < -0.39 is 5.82 Å². The number of anilines is 2. The van der Waals surface area contributed by atoms with Crippen molar-refractivity contribution in [2.75, 3.05) is 17.2 Å². The molecule has 1 aliphatic rings. The van der Waals surface area contributed by atoms with Gasteiger partial charge in [-0.25, -0.2) is 4.39 Å². The monoisotopic (exact) mass is 281 g/mol. The quantitative estimate of drug-likeness (QED) is 0.889. The van der Waals surface area contributed by atoms with Gasteiger partial charge >= 0.3 is 0 Å². The number of benzene rings is 2. The summed E-state index contributed by atoms with van der Waals surface area (Å²) in [5.74, 6) is -0.833. The standard InChI is InChI=1S/C16H12FN3O/c17-13-3-4-14(12(7-13)9-18)20-16(21)11-2-1-10-5-6-19-15(10)8-11/h1-4,7-8,19H,5-6H2,(H,20,21). The number of nitriles is 1. The Hall–Kier alpha value is -2.87. The van der Waals surface area contributed by atoms with E-state index in [0.717, 1.165) is 24.7 Å². The van der Waals surface area contributed by atoms with Crippen LogP contribution in [0.2, 0.25) is 0 Å². The van der Waals surface area contributed by atoms with E-state index in [1.165, 1.54) is 17.7 Å². The van der Waals surface area contributed by atoms with Gasteiger partial charge in [0.05, 0.1) is 11.3 Å². The van der Waals surface area contributed by atoms with E-state index in [2.05, 4.69) is 10.6 Å². The highest BCUT2D eigenvalue weighted by Crippen LogP contribution is 2.24. The van der Waals surface area contributed by atoms with Gasteiger partial charge in [-0.05, 0) is 42.3 Å². The van der Waals surface area contributed by atoms with Crippen LogP contribution in [0.25, 0.3) is 0 Å². The molecule has 1 heterocycles. The molecule has 0 fully saturated rings. The van der Waals surface area contributed by atoms with Crippen LogP contribution < -0.4 is 10.6 Å². The molecule has 0 spiro atoms. The summed E-state index contributed by atoms with van der Waals surface area (Å²) in [5, 5.41) is 14.8. The van der Waals surface area contributed by atoms with Gasteiger partial charge in [-0.2, -0.15) is 5.26 Å². The molecule has 3 rings (SSSR count). The Morgan fingerprint density at radius 1 is 1.29 bits per heavy atom. The van der Waals surface area contributed by atoms with Gasteiger partial charge in [-0.15, -0.1) is 0 Å². The number of nitrogens with one attached hydrogen (secondary N) is 2. The smallest absolute Gasteiger partial charge is 0.255 e. The molecule has 0 saturated heterocycles. The Morgan fingerprint density at radius 3 is 2.95 bits per heavy atom. The first-order valence-electron chi connectivity index (χ1n) is 6.55. The van der Waals surface area contributed by atoms with Crippen LogP contribution in [0, 0.1) is 17.1 Å². The van der Waals surface area contributed by atoms with E-state index in [1.807, 2.05) is 12.1 Å². The average Bonchev–Trinajstić information content (AvgIpc) is 2.96. The zero-order chi connectivity index (χ0) is 14.8. The maximum atomic E-state index is 13.1. The van der Waals surface area contributed by atoms with Crippen molar-refractivity contribution in [1.82, 2.24) is 0 Å². The van der Waals surface area contributed by atoms with Crippen LogP contribution in [-0.4, -0.2) is 12.5 Å². The van der Waals surface area contributed by atoms with Crippen LogP contribution in [0.4, 0.5) is 15.8 Å². The zero-order valence-corrected chi connectivity index (χ0v) is 11.1. The Bertz CT molecular complexity index is 765. The fraction of sp³-hybridized carbons (Fsp3) is 0.125. The number of hydrogen-bond acceptors (Lipinski definition) is 3. The highest BCUT2D eigenvalue weighted by molar-refractivity contribution is 6.05. The molecule has 5 heteroatoms. The molecule has 1 aliphatic heterocycles. The van der Waals surface area contributed by atoms with E-state index in [9.17, 15) is 9.18 Å². The molecule has 2 aromatic rings. The lowest BCUT2D eigenvalue weighted by Crippen LogP contribution is -2.13. The molecule has 0 bridgehead atoms. The molecule has 4 nitrogen and oxygen atoms in total. The van der Waals surface area contributed by atoms with Crippen molar-refractivity contribution in [3.8, 4) is 6.07 Å². The summed E-state index contributed by atoms with van der Waals surface area (Å²) in [7, 11) is 0. The molecule has 0 radical (unpaired) electrons. The molecule has 1 amide bonds. The highest BCUT2D eigenvalue weighted by atomic mass is 19.1. The summed E-state index contributed by atoms with van der Waals surface area (Å²) in [6, 6.07) is 11.0. The Balaban J connectivity index is 1.85. The van der Waals surface area contributed by atoms with Gasteiger partial charge in [0.15, 0.2) is 0 Å². The Kier molecular flexibility index (Phi) is 3.28. The number of halogens is 1. The fourth-order valence-electron chi connectivity index (χ4n) is 2.34. The number of hydrogen-bond donors (Lipinski definition) is 2. The number of carbonyl (C=O) groups is 1. The lowest BCUT2D eigenvalue weighted by atomic mass is 10.1. The minimum Gasteiger partial charge on any atom is -0.384 e.